The monoisotopic (exact) mass is 378 g/mol. The molecule has 4 nitrogen and oxygen atoms in total. The van der Waals surface area contributed by atoms with Crippen LogP contribution in [0.3, 0.4) is 0 Å². The number of phenolic OH excluding ortho intramolecular Hbond substituents is 1. The number of rotatable bonds is 3. The van der Waals surface area contributed by atoms with Gasteiger partial charge in [0.05, 0.1) is 6.33 Å². The second-order valence-corrected chi connectivity index (χ2v) is 9.43. The molecule has 2 aromatic carbocycles. The summed E-state index contributed by atoms with van der Waals surface area (Å²) in [5.41, 5.74) is 3.75. The van der Waals surface area contributed by atoms with Crippen molar-refractivity contribution in [2.24, 2.45) is 0 Å². The Morgan fingerprint density at radius 3 is 2.00 bits per heavy atom. The maximum atomic E-state index is 11.2. The minimum Gasteiger partial charge on any atom is -0.507 e. The molecule has 1 atom stereocenters. The molecule has 0 saturated carbocycles. The zero-order valence-corrected chi connectivity index (χ0v) is 17.6. The van der Waals surface area contributed by atoms with Crippen molar-refractivity contribution >= 4 is 0 Å². The molecular weight excluding hydrogens is 348 g/mol. The maximum Gasteiger partial charge on any atom is 0.123 e. The second-order valence-electron chi connectivity index (χ2n) is 9.43. The summed E-state index contributed by atoms with van der Waals surface area (Å²) in [6.07, 6.45) is 4.56. The van der Waals surface area contributed by atoms with Gasteiger partial charge in [-0.15, -0.1) is 0 Å². The lowest BCUT2D eigenvalue weighted by Gasteiger charge is -2.29. The number of phenols is 1. The van der Waals surface area contributed by atoms with Gasteiger partial charge in [-0.1, -0.05) is 53.7 Å². The van der Waals surface area contributed by atoms with Crippen molar-refractivity contribution in [3.8, 4) is 11.4 Å². The van der Waals surface area contributed by atoms with E-state index in [0.29, 0.717) is 5.75 Å². The van der Waals surface area contributed by atoms with Crippen LogP contribution in [0.25, 0.3) is 5.69 Å². The molecule has 1 aromatic heterocycles. The number of aliphatic hydroxyl groups is 1. The zero-order chi connectivity index (χ0) is 20.7. The largest absolute Gasteiger partial charge is 0.507 e. The van der Waals surface area contributed by atoms with Crippen LogP contribution in [0.2, 0.25) is 0 Å². The van der Waals surface area contributed by atoms with E-state index in [9.17, 15) is 10.2 Å². The predicted molar refractivity (Wildman–Crippen MR) is 113 cm³/mol. The van der Waals surface area contributed by atoms with E-state index >= 15 is 0 Å². The van der Waals surface area contributed by atoms with Crippen molar-refractivity contribution in [3.05, 3.63) is 77.4 Å². The molecule has 4 heteroatoms. The standard InChI is InChI=1S/C24H30N2O2/c1-23(2,3)19-13-17(14-20(22(19)28)24(4,5)6)21(27)16-8-7-9-18(12-16)26-11-10-25-15-26/h7-15,21,27-28H,1-6H3. The number of nitrogens with zero attached hydrogens (tertiary/aromatic N) is 2. The third kappa shape index (κ3) is 3.97. The van der Waals surface area contributed by atoms with E-state index in [-0.39, 0.29) is 10.8 Å². The molecule has 2 N–H and O–H groups in total. The summed E-state index contributed by atoms with van der Waals surface area (Å²) in [7, 11) is 0. The lowest BCUT2D eigenvalue weighted by atomic mass is 9.77. The number of imidazole rings is 1. The number of aliphatic hydroxyl groups excluding tert-OH is 1. The first-order valence-electron chi connectivity index (χ1n) is 9.62. The van der Waals surface area contributed by atoms with E-state index in [1.165, 1.54) is 0 Å². The number of aromatic hydroxyl groups is 1. The van der Waals surface area contributed by atoms with Crippen LogP contribution in [0.5, 0.6) is 5.75 Å². The van der Waals surface area contributed by atoms with Crippen LogP contribution in [-0.4, -0.2) is 19.8 Å². The molecule has 0 bridgehead atoms. The highest BCUT2D eigenvalue weighted by Gasteiger charge is 2.28. The Morgan fingerprint density at radius 2 is 1.50 bits per heavy atom. The van der Waals surface area contributed by atoms with E-state index in [1.54, 1.807) is 12.5 Å². The molecule has 1 heterocycles. The fourth-order valence-corrected chi connectivity index (χ4v) is 3.42. The van der Waals surface area contributed by atoms with Crippen LogP contribution in [0, 0.1) is 0 Å². The van der Waals surface area contributed by atoms with Gasteiger partial charge in [0, 0.05) is 18.1 Å². The van der Waals surface area contributed by atoms with Gasteiger partial charge in [-0.05, 0) is 57.3 Å². The number of hydrogen-bond donors (Lipinski definition) is 2. The van der Waals surface area contributed by atoms with Gasteiger partial charge in [0.25, 0.3) is 0 Å². The van der Waals surface area contributed by atoms with Crippen LogP contribution in [0.4, 0.5) is 0 Å². The van der Waals surface area contributed by atoms with E-state index in [2.05, 4.69) is 46.5 Å². The summed E-state index contributed by atoms with van der Waals surface area (Å²) in [6.45, 7) is 12.4. The maximum absolute atomic E-state index is 11.2. The average molecular weight is 379 g/mol. The molecule has 1 unspecified atom stereocenters. The fourth-order valence-electron chi connectivity index (χ4n) is 3.42. The molecule has 0 radical (unpaired) electrons. The SMILES string of the molecule is CC(C)(C)c1cc(C(O)c2cccc(-n3ccnc3)c2)cc(C(C)(C)C)c1O. The lowest BCUT2D eigenvalue weighted by molar-refractivity contribution is 0.219. The van der Waals surface area contributed by atoms with Gasteiger partial charge in [-0.2, -0.15) is 0 Å². The topological polar surface area (TPSA) is 58.3 Å². The third-order valence-corrected chi connectivity index (χ3v) is 5.05. The highest BCUT2D eigenvalue weighted by Crippen LogP contribution is 2.41. The first kappa shape index (κ1) is 20.2. The second kappa shape index (κ2) is 7.10. The molecule has 0 aliphatic heterocycles. The molecule has 0 saturated heterocycles. The van der Waals surface area contributed by atoms with Crippen LogP contribution in [0.1, 0.15) is 69.9 Å². The van der Waals surface area contributed by atoms with Gasteiger partial charge >= 0.3 is 0 Å². The smallest absolute Gasteiger partial charge is 0.123 e. The van der Waals surface area contributed by atoms with Crippen LogP contribution >= 0.6 is 0 Å². The van der Waals surface area contributed by atoms with Crippen molar-refractivity contribution in [2.75, 3.05) is 0 Å². The van der Waals surface area contributed by atoms with E-state index in [1.807, 2.05) is 47.2 Å². The summed E-state index contributed by atoms with van der Waals surface area (Å²) >= 11 is 0. The van der Waals surface area contributed by atoms with Gasteiger partial charge in [0.1, 0.15) is 11.9 Å². The van der Waals surface area contributed by atoms with E-state index in [4.69, 9.17) is 0 Å². The Bertz CT molecular complexity index is 926. The average Bonchev–Trinajstić information content (AvgIpc) is 3.14. The van der Waals surface area contributed by atoms with E-state index < -0.39 is 6.10 Å². The summed E-state index contributed by atoms with van der Waals surface area (Å²) < 4.78 is 1.91. The van der Waals surface area contributed by atoms with Gasteiger partial charge in [0.2, 0.25) is 0 Å². The van der Waals surface area contributed by atoms with Gasteiger partial charge < -0.3 is 14.8 Å². The fraction of sp³-hybridized carbons (Fsp3) is 0.375. The van der Waals surface area contributed by atoms with Gasteiger partial charge in [-0.3, -0.25) is 0 Å². The highest BCUT2D eigenvalue weighted by molar-refractivity contribution is 5.52. The summed E-state index contributed by atoms with van der Waals surface area (Å²) in [4.78, 5) is 4.09. The number of hydrogen-bond acceptors (Lipinski definition) is 3. The van der Waals surface area contributed by atoms with Gasteiger partial charge in [0.15, 0.2) is 0 Å². The highest BCUT2D eigenvalue weighted by atomic mass is 16.3. The predicted octanol–water partition coefficient (Wildman–Crippen LogP) is 5.25. The molecule has 0 fully saturated rings. The number of aromatic nitrogens is 2. The Hall–Kier alpha value is -2.59. The summed E-state index contributed by atoms with van der Waals surface area (Å²) in [5, 5.41) is 22.1. The molecule has 3 aromatic rings. The first-order valence-corrected chi connectivity index (χ1v) is 9.62. The molecule has 0 amide bonds. The Balaban J connectivity index is 2.12. The summed E-state index contributed by atoms with van der Waals surface area (Å²) in [6, 6.07) is 11.7. The first-order chi connectivity index (χ1) is 13.0. The molecule has 148 valence electrons. The lowest BCUT2D eigenvalue weighted by Crippen LogP contribution is -2.18. The zero-order valence-electron chi connectivity index (χ0n) is 17.6. The van der Waals surface area contributed by atoms with Crippen LogP contribution in [0.15, 0.2) is 55.1 Å². The molecular formula is C24H30N2O2. The van der Waals surface area contributed by atoms with Crippen molar-refractivity contribution in [2.45, 2.75) is 58.5 Å². The molecule has 0 aliphatic carbocycles. The van der Waals surface area contributed by atoms with Crippen LogP contribution in [-0.2, 0) is 10.8 Å². The minimum absolute atomic E-state index is 0.238. The Labute approximate surface area is 167 Å². The third-order valence-electron chi connectivity index (χ3n) is 5.05. The molecule has 28 heavy (non-hydrogen) atoms. The minimum atomic E-state index is -0.786. The van der Waals surface area contributed by atoms with E-state index in [0.717, 1.165) is 27.9 Å². The normalized spacial score (nSPS) is 13.5. The van der Waals surface area contributed by atoms with Crippen molar-refractivity contribution < 1.29 is 10.2 Å². The van der Waals surface area contributed by atoms with Crippen LogP contribution < -0.4 is 0 Å². The van der Waals surface area contributed by atoms with Crippen molar-refractivity contribution in [1.82, 2.24) is 9.55 Å². The van der Waals surface area contributed by atoms with Crippen molar-refractivity contribution in [1.29, 1.82) is 0 Å². The molecule has 3 rings (SSSR count). The van der Waals surface area contributed by atoms with Gasteiger partial charge in [-0.25, -0.2) is 4.98 Å². The summed E-state index contributed by atoms with van der Waals surface area (Å²) in [5.74, 6) is 0.322. The number of benzene rings is 2. The Morgan fingerprint density at radius 1 is 0.893 bits per heavy atom. The molecule has 0 spiro atoms. The molecule has 0 aliphatic rings. The Kier molecular flexibility index (Phi) is 5.11. The van der Waals surface area contributed by atoms with Crippen molar-refractivity contribution in [3.63, 3.8) is 0 Å². The quantitative estimate of drug-likeness (QED) is 0.654.